The Morgan fingerprint density at radius 1 is 1.04 bits per heavy atom. The summed E-state index contributed by atoms with van der Waals surface area (Å²) in [5, 5.41) is 6.71. The van der Waals surface area contributed by atoms with Crippen LogP contribution in [0.15, 0.2) is 30.3 Å². The van der Waals surface area contributed by atoms with Crippen LogP contribution in [0.2, 0.25) is 5.02 Å². The zero-order chi connectivity index (χ0) is 19.1. The third-order valence-electron chi connectivity index (χ3n) is 3.81. The van der Waals surface area contributed by atoms with Gasteiger partial charge in [-0.05, 0) is 30.7 Å². The number of halogens is 1. The van der Waals surface area contributed by atoms with E-state index in [1.54, 1.807) is 45.6 Å². The van der Waals surface area contributed by atoms with Crippen molar-refractivity contribution in [3.8, 4) is 17.2 Å². The van der Waals surface area contributed by atoms with Crippen LogP contribution in [0.5, 0.6) is 17.2 Å². The van der Waals surface area contributed by atoms with Crippen LogP contribution in [-0.4, -0.2) is 33.8 Å². The third-order valence-corrected chi connectivity index (χ3v) is 4.04. The SMILES string of the molecule is COc1cc(NCCC(=O)Nc2ccc(Cl)cc2C)cc(OC)c1OC. The van der Waals surface area contributed by atoms with Gasteiger partial charge in [-0.15, -0.1) is 0 Å². The number of aryl methyl sites for hydroxylation is 1. The monoisotopic (exact) mass is 378 g/mol. The zero-order valence-electron chi connectivity index (χ0n) is 15.3. The van der Waals surface area contributed by atoms with Gasteiger partial charge in [0.05, 0.1) is 21.3 Å². The Labute approximate surface area is 158 Å². The number of rotatable bonds is 8. The molecule has 0 aromatic heterocycles. The molecule has 0 saturated carbocycles. The molecule has 6 nitrogen and oxygen atoms in total. The van der Waals surface area contributed by atoms with Gasteiger partial charge in [-0.1, -0.05) is 11.6 Å². The lowest BCUT2D eigenvalue weighted by molar-refractivity contribution is -0.115. The van der Waals surface area contributed by atoms with E-state index in [4.69, 9.17) is 25.8 Å². The fourth-order valence-corrected chi connectivity index (χ4v) is 2.71. The minimum absolute atomic E-state index is 0.0876. The smallest absolute Gasteiger partial charge is 0.226 e. The number of hydrogen-bond acceptors (Lipinski definition) is 5. The van der Waals surface area contributed by atoms with Crippen LogP contribution < -0.4 is 24.8 Å². The Bertz CT molecular complexity index is 755. The summed E-state index contributed by atoms with van der Waals surface area (Å²) in [5.41, 5.74) is 2.45. The van der Waals surface area contributed by atoms with E-state index >= 15 is 0 Å². The second kappa shape index (κ2) is 9.20. The number of nitrogens with one attached hydrogen (secondary N) is 2. The first-order valence-electron chi connectivity index (χ1n) is 8.08. The van der Waals surface area contributed by atoms with Crippen molar-refractivity contribution in [1.82, 2.24) is 0 Å². The average Bonchev–Trinajstić information content (AvgIpc) is 2.63. The Balaban J connectivity index is 1.95. The van der Waals surface area contributed by atoms with E-state index in [1.165, 1.54) is 0 Å². The minimum atomic E-state index is -0.0876. The van der Waals surface area contributed by atoms with Crippen molar-refractivity contribution >= 4 is 28.9 Å². The summed E-state index contributed by atoms with van der Waals surface area (Å²) < 4.78 is 15.9. The molecule has 0 aliphatic rings. The van der Waals surface area contributed by atoms with Crippen LogP contribution in [0, 0.1) is 6.92 Å². The average molecular weight is 379 g/mol. The predicted molar refractivity (Wildman–Crippen MR) is 104 cm³/mol. The van der Waals surface area contributed by atoms with Crippen molar-refractivity contribution in [3.63, 3.8) is 0 Å². The second-order valence-corrected chi connectivity index (χ2v) is 6.03. The van der Waals surface area contributed by atoms with E-state index in [2.05, 4.69) is 10.6 Å². The fraction of sp³-hybridized carbons (Fsp3) is 0.316. The molecule has 0 saturated heterocycles. The van der Waals surface area contributed by atoms with E-state index in [-0.39, 0.29) is 5.91 Å². The standard InChI is InChI=1S/C19H23ClN2O4/c1-12-9-13(20)5-6-15(12)22-18(23)7-8-21-14-10-16(24-2)19(26-4)17(11-14)25-3/h5-6,9-11,21H,7-8H2,1-4H3,(H,22,23). The van der Waals surface area contributed by atoms with E-state index in [9.17, 15) is 4.79 Å². The Hall–Kier alpha value is -2.60. The number of benzene rings is 2. The molecule has 0 atom stereocenters. The highest BCUT2D eigenvalue weighted by molar-refractivity contribution is 6.30. The number of amides is 1. The highest BCUT2D eigenvalue weighted by atomic mass is 35.5. The summed E-state index contributed by atoms with van der Waals surface area (Å²) in [6.45, 7) is 2.35. The highest BCUT2D eigenvalue weighted by Crippen LogP contribution is 2.39. The number of anilines is 2. The van der Waals surface area contributed by atoms with Gasteiger partial charge < -0.3 is 24.8 Å². The maximum absolute atomic E-state index is 12.1. The van der Waals surface area contributed by atoms with E-state index in [1.807, 2.05) is 13.0 Å². The van der Waals surface area contributed by atoms with Crippen molar-refractivity contribution < 1.29 is 19.0 Å². The molecule has 26 heavy (non-hydrogen) atoms. The highest BCUT2D eigenvalue weighted by Gasteiger charge is 2.13. The molecular formula is C19H23ClN2O4. The largest absolute Gasteiger partial charge is 0.493 e. The lowest BCUT2D eigenvalue weighted by atomic mass is 10.2. The molecule has 2 rings (SSSR count). The topological polar surface area (TPSA) is 68.8 Å². The molecule has 0 aliphatic heterocycles. The molecule has 0 unspecified atom stereocenters. The molecule has 0 aliphatic carbocycles. The maximum Gasteiger partial charge on any atom is 0.226 e. The van der Waals surface area contributed by atoms with Gasteiger partial charge in [0.15, 0.2) is 11.5 Å². The molecule has 2 aromatic rings. The third kappa shape index (κ3) is 4.95. The normalized spacial score (nSPS) is 10.2. The van der Waals surface area contributed by atoms with Crippen molar-refractivity contribution in [1.29, 1.82) is 0 Å². The van der Waals surface area contributed by atoms with Gasteiger partial charge in [0.1, 0.15) is 0 Å². The molecule has 2 aromatic carbocycles. The Morgan fingerprint density at radius 3 is 2.23 bits per heavy atom. The molecule has 140 valence electrons. The number of carbonyl (C=O) groups is 1. The summed E-state index contributed by atoms with van der Waals surface area (Å²) in [5.74, 6) is 1.54. The van der Waals surface area contributed by atoms with Crippen molar-refractivity contribution in [2.24, 2.45) is 0 Å². The van der Waals surface area contributed by atoms with Crippen LogP contribution in [0.1, 0.15) is 12.0 Å². The molecule has 0 bridgehead atoms. The summed E-state index contributed by atoms with van der Waals surface area (Å²) >= 11 is 5.92. The number of ether oxygens (including phenoxy) is 3. The van der Waals surface area contributed by atoms with Crippen LogP contribution in [0.4, 0.5) is 11.4 Å². The van der Waals surface area contributed by atoms with Gasteiger partial charge in [-0.2, -0.15) is 0 Å². The van der Waals surface area contributed by atoms with E-state index in [0.29, 0.717) is 35.2 Å². The molecule has 0 spiro atoms. The van der Waals surface area contributed by atoms with Gasteiger partial charge in [0, 0.05) is 41.5 Å². The molecule has 0 heterocycles. The molecule has 0 fully saturated rings. The zero-order valence-corrected chi connectivity index (χ0v) is 16.1. The quantitative estimate of drug-likeness (QED) is 0.723. The second-order valence-electron chi connectivity index (χ2n) is 5.60. The van der Waals surface area contributed by atoms with Gasteiger partial charge in [-0.25, -0.2) is 0 Å². The summed E-state index contributed by atoms with van der Waals surface area (Å²) in [7, 11) is 4.67. The van der Waals surface area contributed by atoms with Crippen molar-refractivity contribution in [2.45, 2.75) is 13.3 Å². The fourth-order valence-electron chi connectivity index (χ4n) is 2.48. The lowest BCUT2D eigenvalue weighted by Crippen LogP contribution is -2.16. The van der Waals surface area contributed by atoms with Gasteiger partial charge in [0.2, 0.25) is 11.7 Å². The first-order valence-corrected chi connectivity index (χ1v) is 8.46. The van der Waals surface area contributed by atoms with Gasteiger partial charge >= 0.3 is 0 Å². The van der Waals surface area contributed by atoms with Gasteiger partial charge in [0.25, 0.3) is 0 Å². The molecular weight excluding hydrogens is 356 g/mol. The number of carbonyl (C=O) groups excluding carboxylic acids is 1. The maximum atomic E-state index is 12.1. The summed E-state index contributed by atoms with van der Waals surface area (Å²) in [4.78, 5) is 12.1. The summed E-state index contributed by atoms with van der Waals surface area (Å²) in [6.07, 6.45) is 0.304. The molecule has 1 amide bonds. The molecule has 2 N–H and O–H groups in total. The van der Waals surface area contributed by atoms with Crippen molar-refractivity contribution in [3.05, 3.63) is 40.9 Å². The van der Waals surface area contributed by atoms with Crippen molar-refractivity contribution in [2.75, 3.05) is 38.5 Å². The number of methoxy groups -OCH3 is 3. The first kappa shape index (κ1) is 19.7. The lowest BCUT2D eigenvalue weighted by Gasteiger charge is -2.15. The Morgan fingerprint density at radius 2 is 1.69 bits per heavy atom. The van der Waals surface area contributed by atoms with E-state index < -0.39 is 0 Å². The molecule has 0 radical (unpaired) electrons. The predicted octanol–water partition coefficient (Wildman–Crippen LogP) is 4.11. The minimum Gasteiger partial charge on any atom is -0.493 e. The molecule has 7 heteroatoms. The van der Waals surface area contributed by atoms with Crippen LogP contribution in [-0.2, 0) is 4.79 Å². The first-order chi connectivity index (χ1) is 12.5. The number of hydrogen-bond donors (Lipinski definition) is 2. The summed E-state index contributed by atoms with van der Waals surface area (Å²) in [6, 6.07) is 8.94. The van der Waals surface area contributed by atoms with E-state index in [0.717, 1.165) is 16.9 Å². The van der Waals surface area contributed by atoms with Crippen LogP contribution in [0.3, 0.4) is 0 Å². The van der Waals surface area contributed by atoms with Crippen LogP contribution >= 0.6 is 11.6 Å². The van der Waals surface area contributed by atoms with Gasteiger partial charge in [-0.3, -0.25) is 4.79 Å². The Kier molecular flexibility index (Phi) is 6.97. The van der Waals surface area contributed by atoms with Crippen LogP contribution in [0.25, 0.3) is 0 Å².